The zero-order valence-electron chi connectivity index (χ0n) is 9.36. The highest BCUT2D eigenvalue weighted by atomic mass is 19.4. The van der Waals surface area contributed by atoms with Gasteiger partial charge in [-0.1, -0.05) is 12.1 Å². The van der Waals surface area contributed by atoms with Crippen LogP contribution in [0.25, 0.3) is 0 Å². The van der Waals surface area contributed by atoms with Gasteiger partial charge < -0.3 is 5.32 Å². The number of hydrogen-bond donors (Lipinski definition) is 1. The molecule has 0 unspecified atom stereocenters. The van der Waals surface area contributed by atoms with Crippen LogP contribution in [0.4, 0.5) is 17.6 Å². The lowest BCUT2D eigenvalue weighted by molar-refractivity contribution is -0.135. The average molecular weight is 249 g/mol. The van der Waals surface area contributed by atoms with Crippen LogP contribution in [0.1, 0.15) is 24.8 Å². The first kappa shape index (κ1) is 14.0. The molecule has 0 radical (unpaired) electrons. The maximum absolute atomic E-state index is 12.8. The van der Waals surface area contributed by atoms with Crippen molar-refractivity contribution in [1.82, 2.24) is 5.32 Å². The number of nitrogens with one attached hydrogen (secondary N) is 1. The molecule has 0 saturated carbocycles. The van der Waals surface area contributed by atoms with Crippen LogP contribution in [0.15, 0.2) is 24.3 Å². The molecule has 5 heteroatoms. The molecule has 1 N–H and O–H groups in total. The summed E-state index contributed by atoms with van der Waals surface area (Å²) < 4.78 is 48.2. The predicted octanol–water partition coefficient (Wildman–Crippen LogP) is 3.65. The zero-order chi connectivity index (χ0) is 12.7. The van der Waals surface area contributed by atoms with Gasteiger partial charge in [0.15, 0.2) is 0 Å². The molecule has 0 heterocycles. The van der Waals surface area contributed by atoms with E-state index in [9.17, 15) is 17.6 Å². The van der Waals surface area contributed by atoms with E-state index in [2.05, 4.69) is 5.32 Å². The number of rotatable bonds is 6. The smallest absolute Gasteiger partial charge is 0.313 e. The molecule has 0 aliphatic heterocycles. The molecule has 1 aromatic carbocycles. The van der Waals surface area contributed by atoms with E-state index in [-0.39, 0.29) is 12.2 Å². The fraction of sp³-hybridized carbons (Fsp3) is 0.500. The summed E-state index contributed by atoms with van der Waals surface area (Å²) in [6.07, 6.45) is -4.22. The highest BCUT2D eigenvalue weighted by Gasteiger charge is 2.25. The van der Waals surface area contributed by atoms with E-state index in [1.807, 2.05) is 0 Å². The molecule has 0 atom stereocenters. The highest BCUT2D eigenvalue weighted by Crippen LogP contribution is 2.21. The lowest BCUT2D eigenvalue weighted by atomic mass is 10.2. The van der Waals surface area contributed by atoms with Crippen LogP contribution in [0.3, 0.4) is 0 Å². The zero-order valence-corrected chi connectivity index (χ0v) is 9.36. The summed E-state index contributed by atoms with van der Waals surface area (Å²) in [6.45, 7) is 0.983. The molecular formula is C12H15F4N. The molecule has 0 saturated heterocycles. The molecule has 17 heavy (non-hydrogen) atoms. The molecule has 1 aromatic rings. The highest BCUT2D eigenvalue weighted by molar-refractivity contribution is 5.15. The Bertz CT molecular complexity index is 336. The monoisotopic (exact) mass is 249 g/mol. The van der Waals surface area contributed by atoms with Gasteiger partial charge in [0.05, 0.1) is 0 Å². The van der Waals surface area contributed by atoms with Crippen LogP contribution in [0, 0.1) is 5.82 Å². The van der Waals surface area contributed by atoms with Gasteiger partial charge in [0, 0.05) is 13.0 Å². The van der Waals surface area contributed by atoms with Gasteiger partial charge in [0.1, 0.15) is 5.82 Å². The Morgan fingerprint density at radius 1 is 1.12 bits per heavy atom. The van der Waals surface area contributed by atoms with Gasteiger partial charge in [0.2, 0.25) is 0 Å². The molecule has 0 aliphatic rings. The van der Waals surface area contributed by atoms with Crippen molar-refractivity contribution in [3.05, 3.63) is 35.6 Å². The van der Waals surface area contributed by atoms with E-state index in [1.165, 1.54) is 12.1 Å². The van der Waals surface area contributed by atoms with E-state index in [0.29, 0.717) is 19.5 Å². The Morgan fingerprint density at radius 3 is 2.53 bits per heavy atom. The molecule has 96 valence electrons. The van der Waals surface area contributed by atoms with Crippen molar-refractivity contribution in [3.8, 4) is 0 Å². The summed E-state index contributed by atoms with van der Waals surface area (Å²) in [7, 11) is 0. The minimum atomic E-state index is -4.07. The Balaban J connectivity index is 2.09. The first-order valence-corrected chi connectivity index (χ1v) is 5.49. The van der Waals surface area contributed by atoms with E-state index >= 15 is 0 Å². The largest absolute Gasteiger partial charge is 0.389 e. The average Bonchev–Trinajstić information content (AvgIpc) is 2.22. The van der Waals surface area contributed by atoms with Crippen molar-refractivity contribution in [3.63, 3.8) is 0 Å². The predicted molar refractivity (Wildman–Crippen MR) is 58.0 cm³/mol. The van der Waals surface area contributed by atoms with Crippen LogP contribution in [-0.4, -0.2) is 12.7 Å². The SMILES string of the molecule is Fc1cccc(CNCCCCC(F)(F)F)c1. The molecule has 0 amide bonds. The number of halogens is 4. The third kappa shape index (κ3) is 6.94. The van der Waals surface area contributed by atoms with Gasteiger partial charge in [-0.15, -0.1) is 0 Å². The maximum atomic E-state index is 12.8. The molecule has 0 aromatic heterocycles. The van der Waals surface area contributed by atoms with Crippen LogP contribution in [0.5, 0.6) is 0 Å². The van der Waals surface area contributed by atoms with Gasteiger partial charge in [-0.05, 0) is 37.1 Å². The van der Waals surface area contributed by atoms with Crippen LogP contribution >= 0.6 is 0 Å². The van der Waals surface area contributed by atoms with E-state index in [4.69, 9.17) is 0 Å². The molecule has 0 spiro atoms. The number of hydrogen-bond acceptors (Lipinski definition) is 1. The van der Waals surface area contributed by atoms with E-state index in [1.54, 1.807) is 12.1 Å². The number of alkyl halides is 3. The van der Waals surface area contributed by atoms with Crippen LogP contribution in [0.2, 0.25) is 0 Å². The van der Waals surface area contributed by atoms with Crippen molar-refractivity contribution < 1.29 is 17.6 Å². The third-order valence-electron chi connectivity index (χ3n) is 2.28. The minimum Gasteiger partial charge on any atom is -0.313 e. The fourth-order valence-electron chi connectivity index (χ4n) is 1.46. The van der Waals surface area contributed by atoms with Crippen molar-refractivity contribution in [1.29, 1.82) is 0 Å². The summed E-state index contributed by atoms with van der Waals surface area (Å²) in [5, 5.41) is 2.98. The van der Waals surface area contributed by atoms with Crippen molar-refractivity contribution in [2.45, 2.75) is 32.0 Å². The van der Waals surface area contributed by atoms with Crippen LogP contribution < -0.4 is 5.32 Å². The molecule has 0 bridgehead atoms. The molecule has 1 rings (SSSR count). The second kappa shape index (κ2) is 6.59. The van der Waals surface area contributed by atoms with Crippen molar-refractivity contribution in [2.24, 2.45) is 0 Å². The third-order valence-corrected chi connectivity index (χ3v) is 2.28. The van der Waals surface area contributed by atoms with E-state index < -0.39 is 12.6 Å². The minimum absolute atomic E-state index is 0.125. The van der Waals surface area contributed by atoms with Crippen molar-refractivity contribution in [2.75, 3.05) is 6.54 Å². The first-order chi connectivity index (χ1) is 7.97. The Morgan fingerprint density at radius 2 is 1.88 bits per heavy atom. The van der Waals surface area contributed by atoms with Gasteiger partial charge in [0.25, 0.3) is 0 Å². The molecular weight excluding hydrogens is 234 g/mol. The topological polar surface area (TPSA) is 12.0 Å². The standard InChI is InChI=1S/C12H15F4N/c13-11-5-3-4-10(8-11)9-17-7-2-1-6-12(14,15)16/h3-5,8,17H,1-2,6-7,9H2. The van der Waals surface area contributed by atoms with Crippen molar-refractivity contribution >= 4 is 0 Å². The lowest BCUT2D eigenvalue weighted by Gasteiger charge is -2.07. The quantitative estimate of drug-likeness (QED) is 0.599. The fourth-order valence-corrected chi connectivity index (χ4v) is 1.46. The van der Waals surface area contributed by atoms with E-state index in [0.717, 1.165) is 5.56 Å². The van der Waals surface area contributed by atoms with Gasteiger partial charge >= 0.3 is 6.18 Å². The second-order valence-electron chi connectivity index (χ2n) is 3.88. The molecule has 1 nitrogen and oxygen atoms in total. The summed E-state index contributed by atoms with van der Waals surface area (Å²) in [6, 6.07) is 6.14. The first-order valence-electron chi connectivity index (χ1n) is 5.49. The Labute approximate surface area is 97.8 Å². The maximum Gasteiger partial charge on any atom is 0.389 e. The second-order valence-corrected chi connectivity index (χ2v) is 3.88. The van der Waals surface area contributed by atoms with Gasteiger partial charge in [-0.25, -0.2) is 4.39 Å². The van der Waals surface area contributed by atoms with Gasteiger partial charge in [-0.2, -0.15) is 13.2 Å². The van der Waals surface area contributed by atoms with Gasteiger partial charge in [-0.3, -0.25) is 0 Å². The summed E-state index contributed by atoms with van der Waals surface area (Å²) >= 11 is 0. The Hall–Kier alpha value is -1.10. The molecule has 0 aliphatic carbocycles. The summed E-state index contributed by atoms with van der Waals surface area (Å²) in [4.78, 5) is 0. The Kier molecular flexibility index (Phi) is 5.41. The molecule has 0 fully saturated rings. The summed E-state index contributed by atoms with van der Waals surface area (Å²) in [5.41, 5.74) is 0.792. The van der Waals surface area contributed by atoms with Crippen LogP contribution in [-0.2, 0) is 6.54 Å². The number of unbranched alkanes of at least 4 members (excludes halogenated alkanes) is 1. The normalized spacial score (nSPS) is 11.8. The summed E-state index contributed by atoms with van der Waals surface area (Å²) in [5.74, 6) is -0.304. The number of benzene rings is 1. The lowest BCUT2D eigenvalue weighted by Crippen LogP contribution is -2.16.